The van der Waals surface area contributed by atoms with E-state index in [4.69, 9.17) is 10.3 Å². The number of rotatable bonds is 4. The highest BCUT2D eigenvalue weighted by molar-refractivity contribution is 9.10. The monoisotopic (exact) mass is 324 g/mol. The van der Waals surface area contributed by atoms with E-state index < -0.39 is 0 Å². The third-order valence-corrected chi connectivity index (χ3v) is 2.83. The maximum Gasteiger partial charge on any atom is 0.251 e. The number of halogens is 1. The predicted octanol–water partition coefficient (Wildman–Crippen LogP) is 1.70. The molecule has 0 atom stereocenters. The van der Waals surface area contributed by atoms with E-state index >= 15 is 0 Å². The van der Waals surface area contributed by atoms with Crippen LogP contribution in [0.1, 0.15) is 22.1 Å². The lowest BCUT2D eigenvalue weighted by Gasteiger charge is -2.05. The van der Waals surface area contributed by atoms with Crippen LogP contribution in [0.3, 0.4) is 0 Å². The second-order valence-corrected chi connectivity index (χ2v) is 4.93. The van der Waals surface area contributed by atoms with Gasteiger partial charge in [-0.25, -0.2) is 0 Å². The van der Waals surface area contributed by atoms with Gasteiger partial charge in [0.2, 0.25) is 5.89 Å². The molecule has 1 aromatic carbocycles. The number of aryl methyl sites for hydroxylation is 1. The summed E-state index contributed by atoms with van der Waals surface area (Å²) in [5, 5.41) is 6.44. The van der Waals surface area contributed by atoms with Crippen molar-refractivity contribution in [3.05, 3.63) is 40.0 Å². The first-order valence-corrected chi connectivity index (χ1v) is 6.47. The van der Waals surface area contributed by atoms with Gasteiger partial charge in [-0.05, 0) is 25.1 Å². The zero-order chi connectivity index (χ0) is 13.8. The molecule has 0 unspecified atom stereocenters. The smallest absolute Gasteiger partial charge is 0.251 e. The predicted molar refractivity (Wildman–Crippen MR) is 73.6 cm³/mol. The summed E-state index contributed by atoms with van der Waals surface area (Å²) in [6.07, 6.45) is 0.496. The fraction of sp³-hybridized carbons (Fsp3) is 0.250. The number of hydrogen-bond acceptors (Lipinski definition) is 5. The third kappa shape index (κ3) is 3.78. The maximum absolute atomic E-state index is 11.9. The summed E-state index contributed by atoms with van der Waals surface area (Å²) in [5.41, 5.74) is 6.72. The Bertz CT molecular complexity index is 577. The largest absolute Gasteiger partial charge is 0.399 e. The topological polar surface area (TPSA) is 94.0 Å². The Labute approximate surface area is 118 Å². The van der Waals surface area contributed by atoms with Gasteiger partial charge < -0.3 is 15.6 Å². The summed E-state index contributed by atoms with van der Waals surface area (Å²) in [7, 11) is 0. The number of anilines is 1. The van der Waals surface area contributed by atoms with Crippen LogP contribution >= 0.6 is 15.9 Å². The number of nitrogen functional groups attached to an aromatic ring is 1. The zero-order valence-corrected chi connectivity index (χ0v) is 11.9. The van der Waals surface area contributed by atoms with Gasteiger partial charge in [0.05, 0.1) is 0 Å². The van der Waals surface area contributed by atoms with Crippen LogP contribution < -0.4 is 11.1 Å². The molecule has 19 heavy (non-hydrogen) atoms. The van der Waals surface area contributed by atoms with Crippen molar-refractivity contribution in [3.63, 3.8) is 0 Å². The van der Waals surface area contributed by atoms with Crippen molar-refractivity contribution in [1.82, 2.24) is 15.5 Å². The lowest BCUT2D eigenvalue weighted by molar-refractivity contribution is 0.0953. The van der Waals surface area contributed by atoms with Crippen molar-refractivity contribution in [3.8, 4) is 0 Å². The molecule has 0 saturated heterocycles. The Kier molecular flexibility index (Phi) is 4.16. The molecule has 3 N–H and O–H groups in total. The zero-order valence-electron chi connectivity index (χ0n) is 10.3. The molecule has 0 saturated carbocycles. The lowest BCUT2D eigenvalue weighted by Crippen LogP contribution is -2.25. The van der Waals surface area contributed by atoms with Crippen LogP contribution in [0, 0.1) is 6.92 Å². The van der Waals surface area contributed by atoms with Gasteiger partial charge in [0.25, 0.3) is 5.91 Å². The fourth-order valence-corrected chi connectivity index (χ4v) is 2.08. The lowest BCUT2D eigenvalue weighted by atomic mass is 10.2. The number of aromatic nitrogens is 2. The molecule has 1 amide bonds. The van der Waals surface area contributed by atoms with Gasteiger partial charge in [0.1, 0.15) is 0 Å². The average Bonchev–Trinajstić information content (AvgIpc) is 2.73. The molecule has 0 fully saturated rings. The first-order chi connectivity index (χ1) is 9.04. The number of carbonyl (C=O) groups is 1. The van der Waals surface area contributed by atoms with Crippen molar-refractivity contribution in [2.75, 3.05) is 12.3 Å². The van der Waals surface area contributed by atoms with Crippen molar-refractivity contribution >= 4 is 27.5 Å². The summed E-state index contributed by atoms with van der Waals surface area (Å²) in [4.78, 5) is 15.9. The summed E-state index contributed by atoms with van der Waals surface area (Å²) < 4.78 is 5.72. The highest BCUT2D eigenvalue weighted by Crippen LogP contribution is 2.17. The highest BCUT2D eigenvalue weighted by Gasteiger charge is 2.08. The summed E-state index contributed by atoms with van der Waals surface area (Å²) >= 11 is 3.30. The van der Waals surface area contributed by atoms with Crippen molar-refractivity contribution in [2.24, 2.45) is 0 Å². The van der Waals surface area contributed by atoms with Crippen molar-refractivity contribution in [1.29, 1.82) is 0 Å². The molecular formula is C12H13BrN4O2. The molecule has 2 rings (SSSR count). The molecule has 7 heteroatoms. The third-order valence-electron chi connectivity index (χ3n) is 2.38. The summed E-state index contributed by atoms with van der Waals surface area (Å²) in [5.74, 6) is 0.900. The van der Waals surface area contributed by atoms with Crippen LogP contribution in [0.2, 0.25) is 0 Å². The molecule has 100 valence electrons. The quantitative estimate of drug-likeness (QED) is 0.835. The number of carbonyl (C=O) groups excluding carboxylic acids is 1. The average molecular weight is 325 g/mol. The van der Waals surface area contributed by atoms with Crippen molar-refractivity contribution in [2.45, 2.75) is 13.3 Å². The van der Waals surface area contributed by atoms with E-state index in [0.29, 0.717) is 35.9 Å². The molecule has 6 nitrogen and oxygen atoms in total. The van der Waals surface area contributed by atoms with Crippen LogP contribution in [-0.2, 0) is 6.42 Å². The molecule has 1 heterocycles. The minimum absolute atomic E-state index is 0.191. The Morgan fingerprint density at radius 1 is 1.47 bits per heavy atom. The van der Waals surface area contributed by atoms with Gasteiger partial charge in [0, 0.05) is 28.7 Å². The van der Waals surface area contributed by atoms with Gasteiger partial charge in [-0.3, -0.25) is 4.79 Å². The minimum Gasteiger partial charge on any atom is -0.399 e. The van der Waals surface area contributed by atoms with E-state index in [-0.39, 0.29) is 5.91 Å². The van der Waals surface area contributed by atoms with E-state index in [9.17, 15) is 4.79 Å². The van der Waals surface area contributed by atoms with Gasteiger partial charge in [-0.2, -0.15) is 4.98 Å². The number of hydrogen-bond donors (Lipinski definition) is 2. The van der Waals surface area contributed by atoms with Crippen LogP contribution in [0.15, 0.2) is 27.2 Å². The SMILES string of the molecule is Cc1noc(CCNC(=O)c2cc(N)cc(Br)c2)n1. The molecule has 0 radical (unpaired) electrons. The van der Waals surface area contributed by atoms with Gasteiger partial charge in [-0.1, -0.05) is 21.1 Å². The van der Waals surface area contributed by atoms with Crippen LogP contribution in [0.25, 0.3) is 0 Å². The van der Waals surface area contributed by atoms with E-state index in [2.05, 4.69) is 31.4 Å². The fourth-order valence-electron chi connectivity index (χ4n) is 1.57. The van der Waals surface area contributed by atoms with E-state index in [1.54, 1.807) is 25.1 Å². The highest BCUT2D eigenvalue weighted by atomic mass is 79.9. The van der Waals surface area contributed by atoms with Gasteiger partial charge in [-0.15, -0.1) is 0 Å². The second kappa shape index (κ2) is 5.83. The molecule has 0 spiro atoms. The Hall–Kier alpha value is -1.89. The normalized spacial score (nSPS) is 10.4. The summed E-state index contributed by atoms with van der Waals surface area (Å²) in [6, 6.07) is 5.07. The van der Waals surface area contributed by atoms with Gasteiger partial charge in [0.15, 0.2) is 5.82 Å². The first-order valence-electron chi connectivity index (χ1n) is 5.68. The maximum atomic E-state index is 11.9. The van der Waals surface area contributed by atoms with Crippen LogP contribution in [-0.4, -0.2) is 22.6 Å². The first kappa shape index (κ1) is 13.5. The molecular weight excluding hydrogens is 312 g/mol. The molecule has 0 aliphatic rings. The van der Waals surface area contributed by atoms with Crippen molar-refractivity contribution < 1.29 is 9.32 Å². The molecule has 0 aliphatic carbocycles. The summed E-state index contributed by atoms with van der Waals surface area (Å²) in [6.45, 7) is 2.17. The van der Waals surface area contributed by atoms with E-state index in [1.807, 2.05) is 0 Å². The van der Waals surface area contributed by atoms with Crippen LogP contribution in [0.5, 0.6) is 0 Å². The molecule has 0 aliphatic heterocycles. The van der Waals surface area contributed by atoms with Crippen LogP contribution in [0.4, 0.5) is 5.69 Å². The number of nitrogens with zero attached hydrogens (tertiary/aromatic N) is 2. The van der Waals surface area contributed by atoms with E-state index in [1.165, 1.54) is 0 Å². The number of benzene rings is 1. The van der Waals surface area contributed by atoms with Gasteiger partial charge >= 0.3 is 0 Å². The van der Waals surface area contributed by atoms with E-state index in [0.717, 1.165) is 4.47 Å². The minimum atomic E-state index is -0.191. The Morgan fingerprint density at radius 2 is 2.26 bits per heavy atom. The second-order valence-electron chi connectivity index (χ2n) is 4.01. The molecule has 2 aromatic rings. The Morgan fingerprint density at radius 3 is 2.89 bits per heavy atom. The molecule has 1 aromatic heterocycles. The number of amides is 1. The Balaban J connectivity index is 1.90. The number of nitrogens with one attached hydrogen (secondary N) is 1. The molecule has 0 bridgehead atoms. The number of nitrogens with two attached hydrogens (primary N) is 1. The standard InChI is InChI=1S/C12H13BrN4O2/c1-7-16-11(19-17-7)2-3-15-12(18)8-4-9(13)6-10(14)5-8/h4-6H,2-3,14H2,1H3,(H,15,18).